The Morgan fingerprint density at radius 1 is 1.28 bits per heavy atom. The van der Waals surface area contributed by atoms with E-state index in [9.17, 15) is 9.18 Å². The molecule has 150 valence electrons. The molecule has 8 heteroatoms. The molecule has 1 aliphatic rings. The van der Waals surface area contributed by atoms with Crippen molar-refractivity contribution in [1.29, 1.82) is 0 Å². The molecule has 0 bridgehead atoms. The zero-order valence-corrected chi connectivity index (χ0v) is 15.8. The van der Waals surface area contributed by atoms with Gasteiger partial charge in [-0.2, -0.15) is 5.10 Å². The summed E-state index contributed by atoms with van der Waals surface area (Å²) < 4.78 is 20.5. The lowest BCUT2D eigenvalue weighted by atomic mass is 10.1. The molecule has 29 heavy (non-hydrogen) atoms. The number of ether oxygens (including phenoxy) is 1. The van der Waals surface area contributed by atoms with Crippen molar-refractivity contribution >= 4 is 5.91 Å². The Morgan fingerprint density at radius 3 is 2.93 bits per heavy atom. The van der Waals surface area contributed by atoms with E-state index >= 15 is 0 Å². The van der Waals surface area contributed by atoms with Crippen LogP contribution in [0.25, 0.3) is 0 Å². The number of rotatable bonds is 6. The Kier molecular flexibility index (Phi) is 5.81. The first kappa shape index (κ1) is 19.1. The van der Waals surface area contributed by atoms with E-state index in [0.717, 1.165) is 31.5 Å². The van der Waals surface area contributed by atoms with Crippen LogP contribution in [0.1, 0.15) is 34.9 Å². The van der Waals surface area contributed by atoms with Gasteiger partial charge in [0.05, 0.1) is 6.04 Å². The van der Waals surface area contributed by atoms with Crippen molar-refractivity contribution in [3.8, 4) is 11.6 Å². The number of nitrogens with zero attached hydrogens (tertiary/aromatic N) is 3. The average Bonchev–Trinajstić information content (AvgIpc) is 3.25. The van der Waals surface area contributed by atoms with Crippen LogP contribution in [0.5, 0.6) is 11.6 Å². The van der Waals surface area contributed by atoms with E-state index in [1.807, 2.05) is 10.9 Å². The number of carbonyl (C=O) groups excluding carboxylic acids is 1. The highest BCUT2D eigenvalue weighted by molar-refractivity contribution is 5.92. The van der Waals surface area contributed by atoms with E-state index in [4.69, 9.17) is 4.74 Å². The Balaban J connectivity index is 1.34. The van der Waals surface area contributed by atoms with Gasteiger partial charge in [0.2, 0.25) is 5.88 Å². The van der Waals surface area contributed by atoms with Gasteiger partial charge >= 0.3 is 0 Å². The highest BCUT2D eigenvalue weighted by Crippen LogP contribution is 2.20. The fourth-order valence-corrected chi connectivity index (χ4v) is 3.23. The first-order chi connectivity index (χ1) is 14.2. The number of benzene rings is 1. The molecule has 0 spiro atoms. The monoisotopic (exact) mass is 395 g/mol. The van der Waals surface area contributed by atoms with E-state index in [-0.39, 0.29) is 17.8 Å². The zero-order valence-electron chi connectivity index (χ0n) is 15.8. The number of aromatic nitrogens is 3. The van der Waals surface area contributed by atoms with Gasteiger partial charge in [-0.25, -0.2) is 9.37 Å². The average molecular weight is 395 g/mol. The quantitative estimate of drug-likeness (QED) is 0.671. The van der Waals surface area contributed by atoms with Crippen molar-refractivity contribution in [1.82, 2.24) is 25.4 Å². The van der Waals surface area contributed by atoms with Crippen LogP contribution in [0.2, 0.25) is 0 Å². The fraction of sp³-hybridized carbons (Fsp3) is 0.286. The van der Waals surface area contributed by atoms with Crippen LogP contribution in [0.3, 0.4) is 0 Å². The standard InChI is InChI=1S/C21H22FN5O2/c22-16-3-5-18(6-4-16)29-20-12-15(7-10-24-20)13-25-21(28)19-8-11-27(26-19)17-2-1-9-23-14-17/h3-8,10-12,17,23H,1-2,9,13-14H2,(H,25,28). The van der Waals surface area contributed by atoms with Crippen molar-refractivity contribution in [2.75, 3.05) is 13.1 Å². The molecule has 1 aromatic carbocycles. The number of carbonyl (C=O) groups is 1. The van der Waals surface area contributed by atoms with Crippen LogP contribution in [0.15, 0.2) is 54.9 Å². The summed E-state index contributed by atoms with van der Waals surface area (Å²) in [6.07, 6.45) is 5.62. The summed E-state index contributed by atoms with van der Waals surface area (Å²) in [6.45, 7) is 2.22. The number of amides is 1. The van der Waals surface area contributed by atoms with E-state index in [1.165, 1.54) is 24.3 Å². The van der Waals surface area contributed by atoms with E-state index in [2.05, 4.69) is 20.7 Å². The number of halogens is 1. The third-order valence-corrected chi connectivity index (χ3v) is 4.77. The molecule has 0 aliphatic carbocycles. The molecule has 0 saturated carbocycles. The zero-order chi connectivity index (χ0) is 20.1. The summed E-state index contributed by atoms with van der Waals surface area (Å²) in [7, 11) is 0. The van der Waals surface area contributed by atoms with Crippen molar-refractivity contribution in [3.05, 3.63) is 71.9 Å². The number of hydrogen-bond acceptors (Lipinski definition) is 5. The van der Waals surface area contributed by atoms with Gasteiger partial charge in [0, 0.05) is 31.5 Å². The molecule has 1 unspecified atom stereocenters. The Morgan fingerprint density at radius 2 is 2.14 bits per heavy atom. The molecule has 0 radical (unpaired) electrons. The molecular formula is C21H22FN5O2. The largest absolute Gasteiger partial charge is 0.439 e. The van der Waals surface area contributed by atoms with Crippen molar-refractivity contribution in [2.24, 2.45) is 0 Å². The lowest BCUT2D eigenvalue weighted by Crippen LogP contribution is -2.32. The van der Waals surface area contributed by atoms with Crippen molar-refractivity contribution in [2.45, 2.75) is 25.4 Å². The van der Waals surface area contributed by atoms with Crippen LogP contribution in [-0.2, 0) is 6.54 Å². The molecule has 3 aromatic rings. The lowest BCUT2D eigenvalue weighted by molar-refractivity contribution is 0.0944. The summed E-state index contributed by atoms with van der Waals surface area (Å²) >= 11 is 0. The number of hydrogen-bond donors (Lipinski definition) is 2. The Bertz CT molecular complexity index is 967. The first-order valence-corrected chi connectivity index (χ1v) is 9.60. The minimum Gasteiger partial charge on any atom is -0.439 e. The minimum absolute atomic E-state index is 0.231. The first-order valence-electron chi connectivity index (χ1n) is 9.60. The minimum atomic E-state index is -0.330. The fourth-order valence-electron chi connectivity index (χ4n) is 3.23. The predicted octanol–water partition coefficient (Wildman–Crippen LogP) is 3.06. The third-order valence-electron chi connectivity index (χ3n) is 4.77. The summed E-state index contributed by atoms with van der Waals surface area (Å²) in [6, 6.07) is 11.3. The van der Waals surface area contributed by atoms with E-state index in [0.29, 0.717) is 23.9 Å². The molecule has 1 fully saturated rings. The van der Waals surface area contributed by atoms with Crippen molar-refractivity contribution < 1.29 is 13.9 Å². The molecule has 2 N–H and O–H groups in total. The van der Waals surface area contributed by atoms with Gasteiger partial charge in [-0.3, -0.25) is 9.48 Å². The van der Waals surface area contributed by atoms with Crippen LogP contribution < -0.4 is 15.4 Å². The molecule has 1 aliphatic heterocycles. The van der Waals surface area contributed by atoms with Crippen LogP contribution >= 0.6 is 0 Å². The van der Waals surface area contributed by atoms with Gasteiger partial charge in [0.25, 0.3) is 5.91 Å². The van der Waals surface area contributed by atoms with Gasteiger partial charge in [-0.1, -0.05) is 0 Å². The van der Waals surface area contributed by atoms with Gasteiger partial charge < -0.3 is 15.4 Å². The molecule has 1 atom stereocenters. The second-order valence-corrected chi connectivity index (χ2v) is 6.92. The topological polar surface area (TPSA) is 81.1 Å². The van der Waals surface area contributed by atoms with Crippen LogP contribution in [0.4, 0.5) is 4.39 Å². The number of piperidine rings is 1. The Labute approximate surface area is 167 Å². The molecule has 1 amide bonds. The SMILES string of the molecule is O=C(NCc1ccnc(Oc2ccc(F)cc2)c1)c1ccn(C2CCCNC2)n1. The third kappa shape index (κ3) is 4.97. The van der Waals surface area contributed by atoms with Gasteiger partial charge in [0.15, 0.2) is 0 Å². The highest BCUT2D eigenvalue weighted by atomic mass is 19.1. The van der Waals surface area contributed by atoms with Gasteiger partial charge in [-0.05, 0) is 61.3 Å². The molecule has 2 aromatic heterocycles. The molecule has 4 rings (SSSR count). The van der Waals surface area contributed by atoms with Gasteiger partial charge in [0.1, 0.15) is 17.3 Å². The summed E-state index contributed by atoms with van der Waals surface area (Å²) in [5.41, 5.74) is 1.23. The van der Waals surface area contributed by atoms with E-state index in [1.54, 1.807) is 24.4 Å². The summed E-state index contributed by atoms with van der Waals surface area (Å²) in [5, 5.41) is 10.6. The predicted molar refractivity (Wildman–Crippen MR) is 105 cm³/mol. The molecule has 7 nitrogen and oxygen atoms in total. The molecule has 3 heterocycles. The smallest absolute Gasteiger partial charge is 0.272 e. The number of nitrogens with one attached hydrogen (secondary N) is 2. The second-order valence-electron chi connectivity index (χ2n) is 6.92. The molecular weight excluding hydrogens is 373 g/mol. The number of pyridine rings is 1. The summed E-state index contributed by atoms with van der Waals surface area (Å²) in [5.74, 6) is 0.301. The van der Waals surface area contributed by atoms with Gasteiger partial charge in [-0.15, -0.1) is 0 Å². The summed E-state index contributed by atoms with van der Waals surface area (Å²) in [4.78, 5) is 16.6. The van der Waals surface area contributed by atoms with Crippen LogP contribution in [-0.4, -0.2) is 33.8 Å². The van der Waals surface area contributed by atoms with E-state index < -0.39 is 0 Å². The Hall–Kier alpha value is -3.26. The lowest BCUT2D eigenvalue weighted by Gasteiger charge is -2.22. The maximum absolute atomic E-state index is 13.0. The highest BCUT2D eigenvalue weighted by Gasteiger charge is 2.17. The molecule has 1 saturated heterocycles. The van der Waals surface area contributed by atoms with Crippen molar-refractivity contribution in [3.63, 3.8) is 0 Å². The maximum atomic E-state index is 13.0. The normalized spacial score (nSPS) is 16.4. The maximum Gasteiger partial charge on any atom is 0.272 e. The second kappa shape index (κ2) is 8.83. The van der Waals surface area contributed by atoms with Crippen LogP contribution in [0, 0.1) is 5.82 Å².